The molecule has 1 aromatic heterocycles. The molecule has 100 valence electrons. The zero-order chi connectivity index (χ0) is 14.0. The molecule has 0 saturated carbocycles. The van der Waals surface area contributed by atoms with E-state index in [0.717, 1.165) is 28.6 Å². The molecule has 2 rings (SSSR count). The fourth-order valence-corrected chi connectivity index (χ4v) is 2.64. The Labute approximate surface area is 114 Å². The lowest BCUT2D eigenvalue weighted by molar-refractivity contribution is -0.133. The number of carboxylic acids is 1. The number of hydrogen-bond acceptors (Lipinski definition) is 5. The molecule has 0 atom stereocenters. The molecule has 0 unspecified atom stereocenters. The van der Waals surface area contributed by atoms with Crippen molar-refractivity contribution in [1.82, 2.24) is 20.2 Å². The van der Waals surface area contributed by atoms with Gasteiger partial charge in [-0.2, -0.15) is 4.68 Å². The van der Waals surface area contributed by atoms with Crippen LogP contribution in [0, 0.1) is 20.8 Å². The molecule has 0 radical (unpaired) electrons. The van der Waals surface area contributed by atoms with Gasteiger partial charge < -0.3 is 5.11 Å². The molecule has 0 aliphatic heterocycles. The summed E-state index contributed by atoms with van der Waals surface area (Å²) in [4.78, 5) is 10.6. The van der Waals surface area contributed by atoms with E-state index in [0.29, 0.717) is 5.16 Å². The molecule has 1 heterocycles. The van der Waals surface area contributed by atoms with Crippen molar-refractivity contribution in [3.8, 4) is 5.69 Å². The quantitative estimate of drug-likeness (QED) is 0.858. The van der Waals surface area contributed by atoms with E-state index in [1.807, 2.05) is 20.8 Å². The SMILES string of the molecule is Cc1cc(C)c(-n2nnnc2SCC(=O)O)c(C)c1. The molecule has 0 fully saturated rings. The Bertz CT molecular complexity index is 601. The van der Waals surface area contributed by atoms with Crippen LogP contribution in [0.1, 0.15) is 16.7 Å². The number of nitrogens with zero attached hydrogens (tertiary/aromatic N) is 4. The summed E-state index contributed by atoms with van der Waals surface area (Å²) in [7, 11) is 0. The number of aliphatic carboxylic acids is 1. The van der Waals surface area contributed by atoms with E-state index in [4.69, 9.17) is 5.11 Å². The Morgan fingerprint density at radius 1 is 1.32 bits per heavy atom. The molecule has 0 saturated heterocycles. The van der Waals surface area contributed by atoms with Crippen molar-refractivity contribution in [2.75, 3.05) is 5.75 Å². The number of aryl methyl sites for hydroxylation is 3. The molecule has 6 nitrogen and oxygen atoms in total. The molecular weight excluding hydrogens is 264 g/mol. The normalized spacial score (nSPS) is 10.7. The van der Waals surface area contributed by atoms with Gasteiger partial charge in [0.2, 0.25) is 5.16 Å². The fourth-order valence-electron chi connectivity index (χ4n) is 2.04. The van der Waals surface area contributed by atoms with E-state index in [1.54, 1.807) is 4.68 Å². The number of benzene rings is 1. The zero-order valence-electron chi connectivity index (χ0n) is 10.9. The average Bonchev–Trinajstić information content (AvgIpc) is 2.73. The van der Waals surface area contributed by atoms with E-state index in [1.165, 1.54) is 5.56 Å². The van der Waals surface area contributed by atoms with Gasteiger partial charge in [-0.3, -0.25) is 4.79 Å². The topological polar surface area (TPSA) is 80.9 Å². The van der Waals surface area contributed by atoms with Crippen LogP contribution in [0.5, 0.6) is 0 Å². The van der Waals surface area contributed by atoms with Crippen molar-refractivity contribution in [2.45, 2.75) is 25.9 Å². The summed E-state index contributed by atoms with van der Waals surface area (Å²) in [6.45, 7) is 6.01. The van der Waals surface area contributed by atoms with Gasteiger partial charge in [0.15, 0.2) is 0 Å². The standard InChI is InChI=1S/C12H14N4O2S/c1-7-4-8(2)11(9(3)5-7)16-12(13-14-15-16)19-6-10(17)18/h4-5H,6H2,1-3H3,(H,17,18). The lowest BCUT2D eigenvalue weighted by atomic mass is 10.1. The minimum absolute atomic E-state index is 0.0651. The van der Waals surface area contributed by atoms with E-state index in [9.17, 15) is 4.79 Å². The molecule has 19 heavy (non-hydrogen) atoms. The minimum atomic E-state index is -0.892. The predicted octanol–water partition coefficient (Wildman–Crippen LogP) is 1.76. The first kappa shape index (κ1) is 13.5. The van der Waals surface area contributed by atoms with E-state index < -0.39 is 5.97 Å². The monoisotopic (exact) mass is 278 g/mol. The maximum atomic E-state index is 10.6. The van der Waals surface area contributed by atoms with Crippen LogP contribution in [0.25, 0.3) is 5.69 Å². The number of carboxylic acid groups (broad SMARTS) is 1. The number of hydrogen-bond donors (Lipinski definition) is 1. The summed E-state index contributed by atoms with van der Waals surface area (Å²) in [6, 6.07) is 4.10. The van der Waals surface area contributed by atoms with Crippen molar-refractivity contribution < 1.29 is 9.90 Å². The zero-order valence-corrected chi connectivity index (χ0v) is 11.7. The summed E-state index contributed by atoms with van der Waals surface area (Å²) in [5.74, 6) is -0.957. The van der Waals surface area contributed by atoms with Crippen LogP contribution in [-0.4, -0.2) is 37.0 Å². The maximum absolute atomic E-state index is 10.6. The van der Waals surface area contributed by atoms with Gasteiger partial charge in [-0.15, -0.1) is 5.10 Å². The molecule has 0 amide bonds. The summed E-state index contributed by atoms with van der Waals surface area (Å²) in [6.07, 6.45) is 0. The van der Waals surface area contributed by atoms with Crippen molar-refractivity contribution in [1.29, 1.82) is 0 Å². The molecule has 0 bridgehead atoms. The molecule has 0 aliphatic carbocycles. The van der Waals surface area contributed by atoms with Gasteiger partial charge in [0.1, 0.15) is 0 Å². The molecule has 0 aliphatic rings. The van der Waals surface area contributed by atoms with Gasteiger partial charge in [0.05, 0.1) is 11.4 Å². The van der Waals surface area contributed by atoms with Gasteiger partial charge in [0, 0.05) is 0 Å². The first-order valence-electron chi connectivity index (χ1n) is 5.70. The Kier molecular flexibility index (Phi) is 3.84. The minimum Gasteiger partial charge on any atom is -0.481 e. The van der Waals surface area contributed by atoms with E-state index in [-0.39, 0.29) is 5.75 Å². The average molecular weight is 278 g/mol. The van der Waals surface area contributed by atoms with Crippen molar-refractivity contribution in [2.24, 2.45) is 0 Å². The Hall–Kier alpha value is -1.89. The molecular formula is C12H14N4O2S. The second-order valence-corrected chi connectivity index (χ2v) is 5.25. The number of carbonyl (C=O) groups is 1. The van der Waals surface area contributed by atoms with Crippen LogP contribution >= 0.6 is 11.8 Å². The summed E-state index contributed by atoms with van der Waals surface area (Å²) >= 11 is 1.11. The fraction of sp³-hybridized carbons (Fsp3) is 0.333. The second kappa shape index (κ2) is 5.40. The third-order valence-corrected chi connectivity index (χ3v) is 3.52. The largest absolute Gasteiger partial charge is 0.481 e. The molecule has 2 aromatic rings. The van der Waals surface area contributed by atoms with Gasteiger partial charge >= 0.3 is 5.97 Å². The highest BCUT2D eigenvalue weighted by atomic mass is 32.2. The Morgan fingerprint density at radius 2 is 1.95 bits per heavy atom. The molecule has 1 aromatic carbocycles. The lowest BCUT2D eigenvalue weighted by Gasteiger charge is -2.11. The van der Waals surface area contributed by atoms with Crippen LogP contribution in [0.3, 0.4) is 0 Å². The molecule has 0 spiro atoms. The second-order valence-electron chi connectivity index (χ2n) is 4.30. The third kappa shape index (κ3) is 2.93. The van der Waals surface area contributed by atoms with Gasteiger partial charge in [-0.05, 0) is 42.3 Å². The third-order valence-electron chi connectivity index (χ3n) is 2.61. The van der Waals surface area contributed by atoms with Crippen LogP contribution in [0.4, 0.5) is 0 Å². The number of aromatic nitrogens is 4. The van der Waals surface area contributed by atoms with Crippen LogP contribution in [-0.2, 0) is 4.79 Å². The van der Waals surface area contributed by atoms with E-state index >= 15 is 0 Å². The van der Waals surface area contributed by atoms with Gasteiger partial charge in [-0.25, -0.2) is 0 Å². The summed E-state index contributed by atoms with van der Waals surface area (Å²) < 4.78 is 1.59. The lowest BCUT2D eigenvalue weighted by Crippen LogP contribution is -2.06. The van der Waals surface area contributed by atoms with Gasteiger partial charge in [-0.1, -0.05) is 29.5 Å². The van der Waals surface area contributed by atoms with Crippen LogP contribution in [0.2, 0.25) is 0 Å². The highest BCUT2D eigenvalue weighted by Gasteiger charge is 2.14. The summed E-state index contributed by atoms with van der Waals surface area (Å²) in [5.41, 5.74) is 4.19. The molecule has 1 N–H and O–H groups in total. The van der Waals surface area contributed by atoms with Crippen molar-refractivity contribution in [3.05, 3.63) is 28.8 Å². The smallest absolute Gasteiger partial charge is 0.313 e. The number of tetrazole rings is 1. The highest BCUT2D eigenvalue weighted by molar-refractivity contribution is 7.99. The van der Waals surface area contributed by atoms with Crippen LogP contribution in [0.15, 0.2) is 17.3 Å². The Morgan fingerprint density at radius 3 is 2.53 bits per heavy atom. The first-order chi connectivity index (χ1) is 8.99. The predicted molar refractivity (Wildman–Crippen MR) is 71.7 cm³/mol. The Balaban J connectivity index is 2.43. The maximum Gasteiger partial charge on any atom is 0.313 e. The number of rotatable bonds is 4. The highest BCUT2D eigenvalue weighted by Crippen LogP contribution is 2.24. The van der Waals surface area contributed by atoms with Crippen LogP contribution < -0.4 is 0 Å². The number of thioether (sulfide) groups is 1. The van der Waals surface area contributed by atoms with Crippen molar-refractivity contribution in [3.63, 3.8) is 0 Å². The van der Waals surface area contributed by atoms with Crippen molar-refractivity contribution >= 4 is 17.7 Å². The van der Waals surface area contributed by atoms with Gasteiger partial charge in [0.25, 0.3) is 0 Å². The summed E-state index contributed by atoms with van der Waals surface area (Å²) in [5, 5.41) is 20.7. The van der Waals surface area contributed by atoms with E-state index in [2.05, 4.69) is 27.7 Å². The first-order valence-corrected chi connectivity index (χ1v) is 6.69. The molecule has 7 heteroatoms.